The van der Waals surface area contributed by atoms with Crippen LogP contribution in [0, 0.1) is 6.92 Å². The van der Waals surface area contributed by atoms with E-state index in [2.05, 4.69) is 65.6 Å². The molecule has 0 fully saturated rings. The van der Waals surface area contributed by atoms with E-state index >= 15 is 0 Å². The second-order valence-corrected chi connectivity index (χ2v) is 8.00. The molecular weight excluding hydrogens is 469 g/mol. The monoisotopic (exact) mass is 499 g/mol. The van der Waals surface area contributed by atoms with Crippen LogP contribution in [0.5, 0.6) is 0 Å². The molecule has 1 aliphatic heterocycles. The molecule has 1 unspecified atom stereocenters. The average molecular weight is 499 g/mol. The van der Waals surface area contributed by atoms with E-state index in [4.69, 9.17) is 4.99 Å². The second-order valence-electron chi connectivity index (χ2n) is 6.68. The molecule has 2 aromatic rings. The van der Waals surface area contributed by atoms with Gasteiger partial charge in [-0.05, 0) is 38.8 Å². The van der Waals surface area contributed by atoms with Gasteiger partial charge in [-0.25, -0.2) is 4.98 Å². The molecule has 0 spiro atoms. The van der Waals surface area contributed by atoms with Crippen molar-refractivity contribution in [3.05, 3.63) is 45.9 Å². The Kier molecular flexibility index (Phi) is 8.82. The molecule has 0 saturated carbocycles. The number of nitrogens with one attached hydrogen (secondary N) is 2. The van der Waals surface area contributed by atoms with E-state index in [1.165, 1.54) is 21.1 Å². The number of halogens is 1. The maximum absolute atomic E-state index is 4.80. The van der Waals surface area contributed by atoms with Crippen LogP contribution in [0.2, 0.25) is 0 Å². The minimum atomic E-state index is 0. The molecule has 3 rings (SSSR count). The minimum absolute atomic E-state index is 0. The van der Waals surface area contributed by atoms with Crippen LogP contribution >= 0.6 is 35.3 Å². The van der Waals surface area contributed by atoms with Crippen molar-refractivity contribution >= 4 is 47.0 Å². The fraction of sp³-hybridized carbons (Fsp3) is 0.500. The molecule has 0 saturated heterocycles. The van der Waals surface area contributed by atoms with E-state index in [-0.39, 0.29) is 24.0 Å². The summed E-state index contributed by atoms with van der Waals surface area (Å²) in [5.74, 6) is 0.889. The second kappa shape index (κ2) is 10.8. The molecule has 148 valence electrons. The Morgan fingerprint density at radius 2 is 2.15 bits per heavy atom. The van der Waals surface area contributed by atoms with Crippen LogP contribution in [0.3, 0.4) is 0 Å². The predicted molar refractivity (Wildman–Crippen MR) is 127 cm³/mol. The molecular formula is C20H30IN5S. The molecule has 2 N–H and O–H groups in total. The Balaban J connectivity index is 0.00000261. The summed E-state index contributed by atoms with van der Waals surface area (Å²) in [5, 5.41) is 7.95. The van der Waals surface area contributed by atoms with Crippen molar-refractivity contribution in [2.24, 2.45) is 4.99 Å². The first kappa shape index (κ1) is 21.9. The molecule has 2 heterocycles. The Labute approximate surface area is 183 Å². The highest BCUT2D eigenvalue weighted by atomic mass is 127. The quantitative estimate of drug-likeness (QED) is 0.347. The normalized spacial score (nSPS) is 14.5. The standard InChI is InChI=1S/C20H29N5S.HI/c1-4-21-20(22-11-9-19-23-14-16(3)26-19)24-13-15(2)25-12-10-17-7-5-6-8-18(17)25;/h5-8,14-15H,4,9-13H2,1-3H3,(H2,21,22,24);1H. The molecule has 1 aliphatic rings. The number of guanidine groups is 1. The van der Waals surface area contributed by atoms with Crippen molar-refractivity contribution in [3.63, 3.8) is 0 Å². The van der Waals surface area contributed by atoms with E-state index in [1.807, 2.05) is 6.20 Å². The van der Waals surface area contributed by atoms with Crippen molar-refractivity contribution in [2.45, 2.75) is 39.7 Å². The number of hydrogen-bond acceptors (Lipinski definition) is 4. The third-order valence-corrected chi connectivity index (χ3v) is 5.59. The number of benzene rings is 1. The zero-order chi connectivity index (χ0) is 18.4. The number of aliphatic imine (C=N–C) groups is 1. The lowest BCUT2D eigenvalue weighted by Crippen LogP contribution is -2.40. The zero-order valence-electron chi connectivity index (χ0n) is 16.4. The van der Waals surface area contributed by atoms with Crippen LogP contribution in [0.15, 0.2) is 35.5 Å². The van der Waals surface area contributed by atoms with Crippen LogP contribution < -0.4 is 15.5 Å². The summed E-state index contributed by atoms with van der Waals surface area (Å²) in [4.78, 5) is 13.0. The van der Waals surface area contributed by atoms with Crippen LogP contribution in [0.1, 0.15) is 29.3 Å². The largest absolute Gasteiger partial charge is 0.366 e. The Hall–Kier alpha value is -1.35. The molecule has 5 nitrogen and oxygen atoms in total. The van der Waals surface area contributed by atoms with Crippen molar-refractivity contribution in [3.8, 4) is 0 Å². The minimum Gasteiger partial charge on any atom is -0.366 e. The van der Waals surface area contributed by atoms with Gasteiger partial charge in [0.05, 0.1) is 11.6 Å². The van der Waals surface area contributed by atoms with Gasteiger partial charge in [0.15, 0.2) is 5.96 Å². The summed E-state index contributed by atoms with van der Waals surface area (Å²) >= 11 is 1.76. The average Bonchev–Trinajstić information content (AvgIpc) is 3.25. The van der Waals surface area contributed by atoms with Crippen molar-refractivity contribution in [1.29, 1.82) is 0 Å². The molecule has 27 heavy (non-hydrogen) atoms. The number of thiazole rings is 1. The number of anilines is 1. The van der Waals surface area contributed by atoms with Gasteiger partial charge in [-0.3, -0.25) is 4.99 Å². The van der Waals surface area contributed by atoms with Gasteiger partial charge in [-0.2, -0.15) is 0 Å². The van der Waals surface area contributed by atoms with Crippen molar-refractivity contribution in [2.75, 3.05) is 31.1 Å². The van der Waals surface area contributed by atoms with E-state index < -0.39 is 0 Å². The van der Waals surface area contributed by atoms with Gasteiger partial charge in [0.25, 0.3) is 0 Å². The Morgan fingerprint density at radius 3 is 2.89 bits per heavy atom. The summed E-state index contributed by atoms with van der Waals surface area (Å²) in [6.07, 6.45) is 4.00. The van der Waals surface area contributed by atoms with Gasteiger partial charge in [-0.1, -0.05) is 18.2 Å². The highest BCUT2D eigenvalue weighted by Gasteiger charge is 2.22. The number of fused-ring (bicyclic) bond motifs is 1. The van der Waals surface area contributed by atoms with Gasteiger partial charge in [0.1, 0.15) is 0 Å². The lowest BCUT2D eigenvalue weighted by Gasteiger charge is -2.26. The van der Waals surface area contributed by atoms with Crippen LogP contribution in [-0.4, -0.2) is 43.2 Å². The Morgan fingerprint density at radius 1 is 1.33 bits per heavy atom. The first-order valence-electron chi connectivity index (χ1n) is 9.45. The number of aryl methyl sites for hydroxylation is 1. The van der Waals surface area contributed by atoms with Gasteiger partial charge < -0.3 is 15.5 Å². The summed E-state index contributed by atoms with van der Waals surface area (Å²) in [6.45, 7) is 10.0. The van der Waals surface area contributed by atoms with Crippen LogP contribution in [0.4, 0.5) is 5.69 Å². The molecule has 0 aliphatic carbocycles. The van der Waals surface area contributed by atoms with E-state index in [0.717, 1.165) is 45.0 Å². The number of para-hydroxylation sites is 1. The van der Waals surface area contributed by atoms with Gasteiger partial charge in [-0.15, -0.1) is 35.3 Å². The van der Waals surface area contributed by atoms with Crippen molar-refractivity contribution < 1.29 is 0 Å². The Bertz CT molecular complexity index is 745. The summed E-state index contributed by atoms with van der Waals surface area (Å²) in [5.41, 5.74) is 2.82. The SMILES string of the molecule is CCNC(=NCC(C)N1CCc2ccccc21)NCCc1ncc(C)s1.I. The molecule has 1 aromatic carbocycles. The fourth-order valence-corrected chi connectivity index (χ4v) is 4.08. The smallest absolute Gasteiger partial charge is 0.191 e. The van der Waals surface area contributed by atoms with Crippen LogP contribution in [0.25, 0.3) is 0 Å². The molecule has 0 radical (unpaired) electrons. The fourth-order valence-electron chi connectivity index (χ4n) is 3.29. The molecule has 7 heteroatoms. The zero-order valence-corrected chi connectivity index (χ0v) is 19.5. The highest BCUT2D eigenvalue weighted by molar-refractivity contribution is 14.0. The third-order valence-electron chi connectivity index (χ3n) is 4.61. The number of rotatable bonds is 7. The topological polar surface area (TPSA) is 52.6 Å². The van der Waals surface area contributed by atoms with E-state index in [1.54, 1.807) is 11.3 Å². The lowest BCUT2D eigenvalue weighted by atomic mass is 10.2. The molecule has 1 aromatic heterocycles. The van der Waals surface area contributed by atoms with E-state index in [9.17, 15) is 0 Å². The summed E-state index contributed by atoms with van der Waals surface area (Å²) in [6, 6.07) is 9.09. The highest BCUT2D eigenvalue weighted by Crippen LogP contribution is 2.29. The predicted octanol–water partition coefficient (Wildman–Crippen LogP) is 3.62. The summed E-state index contributed by atoms with van der Waals surface area (Å²) < 4.78 is 0. The van der Waals surface area contributed by atoms with Gasteiger partial charge >= 0.3 is 0 Å². The maximum atomic E-state index is 4.80. The number of nitrogens with zero attached hydrogens (tertiary/aromatic N) is 3. The van der Waals surface area contributed by atoms with Gasteiger partial charge in [0.2, 0.25) is 0 Å². The molecule has 1 atom stereocenters. The molecule has 0 bridgehead atoms. The lowest BCUT2D eigenvalue weighted by molar-refractivity contribution is 0.657. The van der Waals surface area contributed by atoms with Gasteiger partial charge in [0, 0.05) is 48.9 Å². The first-order valence-corrected chi connectivity index (χ1v) is 10.3. The number of aromatic nitrogens is 1. The maximum Gasteiger partial charge on any atom is 0.191 e. The number of hydrogen-bond donors (Lipinski definition) is 2. The van der Waals surface area contributed by atoms with Crippen LogP contribution in [-0.2, 0) is 12.8 Å². The van der Waals surface area contributed by atoms with Crippen molar-refractivity contribution in [1.82, 2.24) is 15.6 Å². The van der Waals surface area contributed by atoms with E-state index in [0.29, 0.717) is 6.04 Å². The summed E-state index contributed by atoms with van der Waals surface area (Å²) in [7, 11) is 0. The third kappa shape index (κ3) is 6.07. The molecule has 0 amide bonds. The first-order chi connectivity index (χ1) is 12.7.